The Hall–Kier alpha value is -1.81. The number of imidazole rings is 1. The molecule has 0 saturated heterocycles. The second-order valence-electron chi connectivity index (χ2n) is 5.00. The van der Waals surface area contributed by atoms with E-state index in [0.717, 1.165) is 36.0 Å². The summed E-state index contributed by atoms with van der Waals surface area (Å²) >= 11 is 0. The molecule has 0 bridgehead atoms. The van der Waals surface area contributed by atoms with Gasteiger partial charge in [0.05, 0.1) is 25.0 Å². The molecule has 0 aliphatic rings. The molecule has 0 amide bonds. The highest BCUT2D eigenvalue weighted by Gasteiger charge is 2.03. The molecule has 1 aromatic heterocycles. The zero-order valence-electron chi connectivity index (χ0n) is 11.7. The lowest BCUT2D eigenvalue weighted by Crippen LogP contribution is -2.06. The van der Waals surface area contributed by atoms with Crippen molar-refractivity contribution < 1.29 is 4.74 Å². The molecule has 0 atom stereocenters. The number of nitrogens with one attached hydrogen (secondary N) is 2. The third kappa shape index (κ3) is 3.83. The number of hydrogen-bond acceptors (Lipinski definition) is 3. The molecule has 4 nitrogen and oxygen atoms in total. The van der Waals surface area contributed by atoms with Crippen LogP contribution < -0.4 is 10.1 Å². The Morgan fingerprint density at radius 3 is 2.63 bits per heavy atom. The number of aromatic amines is 1. The van der Waals surface area contributed by atoms with Gasteiger partial charge in [-0.3, -0.25) is 0 Å². The van der Waals surface area contributed by atoms with Gasteiger partial charge in [0.25, 0.3) is 0 Å². The van der Waals surface area contributed by atoms with E-state index in [-0.39, 0.29) is 0 Å². The first-order valence-electron chi connectivity index (χ1n) is 6.60. The van der Waals surface area contributed by atoms with Crippen LogP contribution >= 0.6 is 0 Å². The number of benzene rings is 1. The van der Waals surface area contributed by atoms with E-state index < -0.39 is 0 Å². The van der Waals surface area contributed by atoms with E-state index in [2.05, 4.69) is 29.1 Å². The predicted octanol–water partition coefficient (Wildman–Crippen LogP) is 2.83. The van der Waals surface area contributed by atoms with Crippen molar-refractivity contribution in [3.8, 4) is 17.0 Å². The summed E-state index contributed by atoms with van der Waals surface area (Å²) in [4.78, 5) is 7.60. The molecule has 0 spiro atoms. The number of rotatable bonds is 6. The molecule has 2 N–H and O–H groups in total. The maximum atomic E-state index is 5.67. The van der Waals surface area contributed by atoms with Crippen molar-refractivity contribution in [1.82, 2.24) is 15.3 Å². The molecule has 19 heavy (non-hydrogen) atoms. The zero-order chi connectivity index (χ0) is 13.7. The average Bonchev–Trinajstić information content (AvgIpc) is 2.86. The van der Waals surface area contributed by atoms with Gasteiger partial charge < -0.3 is 15.0 Å². The second kappa shape index (κ2) is 6.38. The Balaban J connectivity index is 2.04. The van der Waals surface area contributed by atoms with Gasteiger partial charge in [-0.2, -0.15) is 0 Å². The van der Waals surface area contributed by atoms with Crippen LogP contribution in [0.4, 0.5) is 0 Å². The van der Waals surface area contributed by atoms with Crippen LogP contribution in [0.5, 0.6) is 5.75 Å². The minimum Gasteiger partial charge on any atom is -0.493 e. The first-order chi connectivity index (χ1) is 9.19. The summed E-state index contributed by atoms with van der Waals surface area (Å²) in [6, 6.07) is 8.09. The Bertz CT molecular complexity index is 502. The lowest BCUT2D eigenvalue weighted by Gasteiger charge is -2.08. The van der Waals surface area contributed by atoms with Gasteiger partial charge in [0.2, 0.25) is 0 Å². The van der Waals surface area contributed by atoms with Crippen LogP contribution in [0.25, 0.3) is 11.3 Å². The first kappa shape index (κ1) is 13.6. The van der Waals surface area contributed by atoms with E-state index in [1.165, 1.54) is 0 Å². The van der Waals surface area contributed by atoms with Gasteiger partial charge in [-0.1, -0.05) is 13.8 Å². The maximum Gasteiger partial charge on any atom is 0.120 e. The fourth-order valence-electron chi connectivity index (χ4n) is 1.76. The summed E-state index contributed by atoms with van der Waals surface area (Å²) in [5, 5.41) is 3.07. The van der Waals surface area contributed by atoms with Gasteiger partial charge in [0.1, 0.15) is 11.6 Å². The minimum atomic E-state index is 0.538. The van der Waals surface area contributed by atoms with E-state index >= 15 is 0 Å². The molecule has 0 fully saturated rings. The molecular formula is C15H21N3O. The first-order valence-corrected chi connectivity index (χ1v) is 6.60. The third-order valence-corrected chi connectivity index (χ3v) is 2.72. The Kier molecular flexibility index (Phi) is 4.58. The van der Waals surface area contributed by atoms with Crippen LogP contribution in [0.15, 0.2) is 30.5 Å². The van der Waals surface area contributed by atoms with E-state index in [0.29, 0.717) is 5.92 Å². The predicted molar refractivity (Wildman–Crippen MR) is 77.1 cm³/mol. The highest BCUT2D eigenvalue weighted by molar-refractivity contribution is 5.59. The average molecular weight is 259 g/mol. The number of H-pyrrole nitrogens is 1. The quantitative estimate of drug-likeness (QED) is 0.838. The highest BCUT2D eigenvalue weighted by atomic mass is 16.5. The third-order valence-electron chi connectivity index (χ3n) is 2.72. The highest BCUT2D eigenvalue weighted by Crippen LogP contribution is 2.21. The summed E-state index contributed by atoms with van der Waals surface area (Å²) in [5.41, 5.74) is 2.15. The standard InChI is InChI=1S/C15H21N3O/c1-11(2)10-19-13-6-4-12(5-7-13)14-8-17-15(18-14)9-16-3/h4-8,11,16H,9-10H2,1-3H3,(H,17,18). The van der Waals surface area contributed by atoms with Crippen molar-refractivity contribution in [1.29, 1.82) is 0 Å². The van der Waals surface area contributed by atoms with E-state index in [1.807, 2.05) is 37.5 Å². The van der Waals surface area contributed by atoms with Crippen molar-refractivity contribution in [2.45, 2.75) is 20.4 Å². The summed E-state index contributed by atoms with van der Waals surface area (Å²) in [5.74, 6) is 2.39. The maximum absolute atomic E-state index is 5.67. The minimum absolute atomic E-state index is 0.538. The molecule has 0 aliphatic carbocycles. The number of nitrogens with zero attached hydrogens (tertiary/aromatic N) is 1. The van der Waals surface area contributed by atoms with Crippen molar-refractivity contribution in [2.24, 2.45) is 5.92 Å². The van der Waals surface area contributed by atoms with Crippen LogP contribution in [0.3, 0.4) is 0 Å². The fourth-order valence-corrected chi connectivity index (χ4v) is 1.76. The number of hydrogen-bond donors (Lipinski definition) is 2. The smallest absolute Gasteiger partial charge is 0.120 e. The SMILES string of the molecule is CNCc1ncc(-c2ccc(OCC(C)C)cc2)[nH]1. The summed E-state index contributed by atoms with van der Waals surface area (Å²) in [6.07, 6.45) is 1.86. The molecule has 0 aliphatic heterocycles. The van der Waals surface area contributed by atoms with E-state index in [1.54, 1.807) is 0 Å². The Morgan fingerprint density at radius 1 is 1.26 bits per heavy atom. The molecular weight excluding hydrogens is 238 g/mol. The lowest BCUT2D eigenvalue weighted by molar-refractivity contribution is 0.271. The summed E-state index contributed by atoms with van der Waals surface area (Å²) in [7, 11) is 1.91. The molecule has 1 aromatic carbocycles. The Morgan fingerprint density at radius 2 is 2.00 bits per heavy atom. The largest absolute Gasteiger partial charge is 0.493 e. The monoisotopic (exact) mass is 259 g/mol. The van der Waals surface area contributed by atoms with Gasteiger partial charge in [-0.05, 0) is 42.8 Å². The van der Waals surface area contributed by atoms with Gasteiger partial charge in [-0.15, -0.1) is 0 Å². The topological polar surface area (TPSA) is 49.9 Å². The number of aromatic nitrogens is 2. The van der Waals surface area contributed by atoms with Crippen molar-refractivity contribution in [3.05, 3.63) is 36.3 Å². The van der Waals surface area contributed by atoms with Gasteiger partial charge >= 0.3 is 0 Å². The zero-order valence-corrected chi connectivity index (χ0v) is 11.7. The molecule has 2 rings (SSSR count). The summed E-state index contributed by atoms with van der Waals surface area (Å²) in [6.45, 7) is 5.77. The van der Waals surface area contributed by atoms with Crippen molar-refractivity contribution in [2.75, 3.05) is 13.7 Å². The van der Waals surface area contributed by atoms with Crippen molar-refractivity contribution in [3.63, 3.8) is 0 Å². The second-order valence-corrected chi connectivity index (χ2v) is 5.00. The molecule has 0 radical (unpaired) electrons. The van der Waals surface area contributed by atoms with Crippen LogP contribution in [-0.4, -0.2) is 23.6 Å². The molecule has 4 heteroatoms. The normalized spacial score (nSPS) is 10.9. The molecule has 102 valence electrons. The number of ether oxygens (including phenoxy) is 1. The molecule has 0 saturated carbocycles. The van der Waals surface area contributed by atoms with Gasteiger partial charge in [0.15, 0.2) is 0 Å². The van der Waals surface area contributed by atoms with Crippen LogP contribution in [0, 0.1) is 5.92 Å². The Labute approximate surface area is 114 Å². The van der Waals surface area contributed by atoms with E-state index in [9.17, 15) is 0 Å². The fraction of sp³-hybridized carbons (Fsp3) is 0.400. The molecule has 0 unspecified atom stereocenters. The van der Waals surface area contributed by atoms with Crippen LogP contribution in [0.1, 0.15) is 19.7 Å². The summed E-state index contributed by atoms with van der Waals surface area (Å²) < 4.78 is 5.67. The van der Waals surface area contributed by atoms with Crippen molar-refractivity contribution >= 4 is 0 Å². The van der Waals surface area contributed by atoms with Crippen LogP contribution in [0.2, 0.25) is 0 Å². The molecule has 2 aromatic rings. The van der Waals surface area contributed by atoms with E-state index in [4.69, 9.17) is 4.74 Å². The molecule has 1 heterocycles. The van der Waals surface area contributed by atoms with Gasteiger partial charge in [-0.25, -0.2) is 4.98 Å². The van der Waals surface area contributed by atoms with Gasteiger partial charge in [0, 0.05) is 0 Å². The lowest BCUT2D eigenvalue weighted by atomic mass is 10.1. The van der Waals surface area contributed by atoms with Crippen LogP contribution in [-0.2, 0) is 6.54 Å².